The number of nitrogens with zero attached hydrogens (tertiary/aromatic N) is 7. The standard InChI is InChI=1S/C50H70N8O7/c1-9-49(4,5)46(61)64-32-57-42-14-12-11-13-37(42)30-40(44(57)59)36-15-21-56(22-16-36)48(63)52-41(45(60)55-25-23-54(24-26-55)39-17-19-53(8)20-18-39)29-35-27-34(3)43-38(28-35)31-51-58(43)33-65-47(62)50(6,7)10-2/h11-14,27-28,30-31,36,39,41H,9-10,15-26,29,32-33H2,1-8H3,(H,52,63)/t41-/m1/s1. The molecule has 3 fully saturated rings. The van der Waals surface area contributed by atoms with E-state index in [4.69, 9.17) is 9.47 Å². The third-order valence-electron chi connectivity index (χ3n) is 14.6. The Balaban J connectivity index is 1.06. The van der Waals surface area contributed by atoms with Crippen molar-refractivity contribution < 1.29 is 28.7 Å². The quantitative estimate of drug-likeness (QED) is 0.144. The van der Waals surface area contributed by atoms with Crippen LogP contribution in [-0.4, -0.2) is 129 Å². The van der Waals surface area contributed by atoms with E-state index in [9.17, 15) is 24.0 Å². The molecule has 1 atom stereocenters. The highest BCUT2D eigenvalue weighted by Crippen LogP contribution is 2.30. The minimum absolute atomic E-state index is 0.00665. The van der Waals surface area contributed by atoms with Crippen LogP contribution >= 0.6 is 0 Å². The van der Waals surface area contributed by atoms with Gasteiger partial charge >= 0.3 is 18.0 Å². The van der Waals surface area contributed by atoms with E-state index in [0.717, 1.165) is 66.4 Å². The smallest absolute Gasteiger partial charge is 0.318 e. The van der Waals surface area contributed by atoms with Crippen LogP contribution in [0, 0.1) is 17.8 Å². The molecule has 0 saturated carbocycles. The van der Waals surface area contributed by atoms with Crippen LogP contribution in [0.1, 0.15) is 103 Å². The van der Waals surface area contributed by atoms with Gasteiger partial charge in [0.2, 0.25) is 5.91 Å². The van der Waals surface area contributed by atoms with E-state index in [1.807, 2.05) is 95.8 Å². The van der Waals surface area contributed by atoms with E-state index in [2.05, 4.69) is 27.3 Å². The van der Waals surface area contributed by atoms with Crippen molar-refractivity contribution in [3.63, 3.8) is 0 Å². The summed E-state index contributed by atoms with van der Waals surface area (Å²) in [6.07, 6.45) is 6.68. The highest BCUT2D eigenvalue weighted by molar-refractivity contribution is 5.88. The Morgan fingerprint density at radius 1 is 0.785 bits per heavy atom. The van der Waals surface area contributed by atoms with Gasteiger partial charge < -0.3 is 29.5 Å². The molecule has 4 aromatic rings. The Hall–Kier alpha value is -5.28. The number of carbonyl (C=O) groups is 4. The Morgan fingerprint density at radius 2 is 1.42 bits per heavy atom. The minimum atomic E-state index is -0.813. The van der Waals surface area contributed by atoms with E-state index < -0.39 is 16.9 Å². The summed E-state index contributed by atoms with van der Waals surface area (Å²) in [5.41, 5.74) is 2.51. The molecule has 0 bridgehead atoms. The average molecular weight is 895 g/mol. The van der Waals surface area contributed by atoms with Crippen LogP contribution in [0.3, 0.4) is 0 Å². The number of hydrogen-bond donors (Lipinski definition) is 1. The van der Waals surface area contributed by atoms with E-state index >= 15 is 0 Å². The van der Waals surface area contributed by atoms with E-state index in [0.29, 0.717) is 69.0 Å². The SMILES string of the molecule is CCC(C)(C)C(=O)OCn1ncc2cc(C[C@@H](NC(=O)N3CCC(c4cc5ccccc5n(COC(=O)C(C)(C)CC)c4=O)CC3)C(=O)N3CCN(C4CCN(C)CC4)CC3)cc(C)c21. The normalized spacial score (nSPS) is 18.0. The molecule has 3 aliphatic heterocycles. The number of aromatic nitrogens is 3. The molecule has 65 heavy (non-hydrogen) atoms. The number of esters is 2. The second-order valence-corrected chi connectivity index (χ2v) is 19.8. The second kappa shape index (κ2) is 20.1. The van der Waals surface area contributed by atoms with Gasteiger partial charge in [0.05, 0.1) is 28.1 Å². The lowest BCUT2D eigenvalue weighted by atomic mass is 9.89. The van der Waals surface area contributed by atoms with E-state index in [-0.39, 0.29) is 55.2 Å². The number of fused-ring (bicyclic) bond motifs is 2. The van der Waals surface area contributed by atoms with Crippen LogP contribution in [0.25, 0.3) is 21.8 Å². The molecule has 0 unspecified atom stereocenters. The van der Waals surface area contributed by atoms with Crippen molar-refractivity contribution in [2.75, 3.05) is 59.4 Å². The number of piperidine rings is 2. The van der Waals surface area contributed by atoms with Crippen LogP contribution in [0.2, 0.25) is 0 Å². The molecule has 5 heterocycles. The van der Waals surface area contributed by atoms with Crippen LogP contribution in [0.4, 0.5) is 4.79 Å². The van der Waals surface area contributed by atoms with Gasteiger partial charge in [0.1, 0.15) is 6.04 Å². The number of piperazine rings is 1. The molecule has 15 heteroatoms. The number of likely N-dealkylation sites (tertiary alicyclic amines) is 2. The van der Waals surface area contributed by atoms with E-state index in [1.165, 1.54) is 0 Å². The molecule has 0 radical (unpaired) electrons. The van der Waals surface area contributed by atoms with Crippen LogP contribution in [-0.2, 0) is 43.7 Å². The topological polar surface area (TPSA) is 152 Å². The van der Waals surface area contributed by atoms with Crippen molar-refractivity contribution in [3.05, 3.63) is 75.7 Å². The Bertz CT molecular complexity index is 2420. The van der Waals surface area contributed by atoms with Crippen molar-refractivity contribution >= 4 is 45.7 Å². The molecule has 3 saturated heterocycles. The molecule has 0 aliphatic carbocycles. The molecular weight excluding hydrogens is 825 g/mol. The Kier molecular flexibility index (Phi) is 14.7. The number of carbonyl (C=O) groups excluding carboxylic acids is 4. The molecule has 7 rings (SSSR count). The molecule has 3 amide bonds. The van der Waals surface area contributed by atoms with Crippen LogP contribution < -0.4 is 10.9 Å². The highest BCUT2D eigenvalue weighted by Gasteiger charge is 2.35. The molecule has 352 valence electrons. The summed E-state index contributed by atoms with van der Waals surface area (Å²) in [5.74, 6) is -0.851. The van der Waals surface area contributed by atoms with Crippen molar-refractivity contribution in [2.45, 2.75) is 125 Å². The zero-order chi connectivity index (χ0) is 46.6. The van der Waals surface area contributed by atoms with Crippen LogP contribution in [0.15, 0.2) is 53.5 Å². The third-order valence-corrected chi connectivity index (χ3v) is 14.6. The number of benzene rings is 2. The van der Waals surface area contributed by atoms with Crippen molar-refractivity contribution in [1.82, 2.24) is 39.3 Å². The monoisotopic (exact) mass is 895 g/mol. The zero-order valence-electron chi connectivity index (χ0n) is 39.9. The van der Waals surface area contributed by atoms with Crippen molar-refractivity contribution in [3.8, 4) is 0 Å². The summed E-state index contributed by atoms with van der Waals surface area (Å²) in [6, 6.07) is 13.0. The van der Waals surface area contributed by atoms with Gasteiger partial charge in [-0.05, 0) is 134 Å². The van der Waals surface area contributed by atoms with Gasteiger partial charge in [-0.2, -0.15) is 5.10 Å². The van der Waals surface area contributed by atoms with Gasteiger partial charge in [-0.3, -0.25) is 28.6 Å². The predicted molar refractivity (Wildman–Crippen MR) is 251 cm³/mol. The maximum Gasteiger partial charge on any atom is 0.318 e. The minimum Gasteiger partial charge on any atom is -0.443 e. The molecule has 0 spiro atoms. The average Bonchev–Trinajstić information content (AvgIpc) is 3.73. The number of nitrogens with one attached hydrogen (secondary N) is 1. The largest absolute Gasteiger partial charge is 0.443 e. The molecule has 2 aromatic carbocycles. The van der Waals surface area contributed by atoms with Crippen LogP contribution in [0.5, 0.6) is 0 Å². The van der Waals surface area contributed by atoms with Crippen molar-refractivity contribution in [1.29, 1.82) is 0 Å². The Morgan fingerprint density at radius 3 is 2.06 bits per heavy atom. The number of hydrogen-bond acceptors (Lipinski definition) is 10. The number of urea groups is 1. The number of ether oxygens (including phenoxy) is 2. The number of pyridine rings is 1. The first-order chi connectivity index (χ1) is 31.0. The lowest BCUT2D eigenvalue weighted by Crippen LogP contribution is -2.59. The van der Waals surface area contributed by atoms with Gasteiger partial charge in [0, 0.05) is 62.7 Å². The zero-order valence-corrected chi connectivity index (χ0v) is 39.9. The number of para-hydroxylation sites is 1. The maximum absolute atomic E-state index is 14.6. The lowest BCUT2D eigenvalue weighted by Gasteiger charge is -2.43. The molecule has 2 aromatic heterocycles. The third kappa shape index (κ3) is 10.7. The molecule has 1 N–H and O–H groups in total. The fourth-order valence-electron chi connectivity index (χ4n) is 9.39. The first kappa shape index (κ1) is 47.7. The molecule has 3 aliphatic rings. The summed E-state index contributed by atoms with van der Waals surface area (Å²) in [5, 5.41) is 9.44. The second-order valence-electron chi connectivity index (χ2n) is 19.8. The first-order valence-electron chi connectivity index (χ1n) is 23.7. The fourth-order valence-corrected chi connectivity index (χ4v) is 9.39. The first-order valence-corrected chi connectivity index (χ1v) is 23.7. The van der Waals surface area contributed by atoms with Gasteiger partial charge in [0.15, 0.2) is 13.5 Å². The summed E-state index contributed by atoms with van der Waals surface area (Å²) < 4.78 is 14.6. The Labute approximate surface area is 383 Å². The maximum atomic E-state index is 14.6. The summed E-state index contributed by atoms with van der Waals surface area (Å²) >= 11 is 0. The van der Waals surface area contributed by atoms with Crippen molar-refractivity contribution in [2.24, 2.45) is 10.8 Å². The van der Waals surface area contributed by atoms with Gasteiger partial charge in [-0.1, -0.05) is 38.1 Å². The molecular formula is C50H70N8O7. The summed E-state index contributed by atoms with van der Waals surface area (Å²) in [7, 11) is 2.17. The number of amides is 3. The number of rotatable bonds is 14. The molecule has 15 nitrogen and oxygen atoms in total. The fraction of sp³-hybridized carbons (Fsp3) is 0.600. The lowest BCUT2D eigenvalue weighted by molar-refractivity contribution is -0.159. The van der Waals surface area contributed by atoms with E-state index in [1.54, 1.807) is 20.3 Å². The predicted octanol–water partition coefficient (Wildman–Crippen LogP) is 6.27. The number of aryl methyl sites for hydroxylation is 1. The van der Waals surface area contributed by atoms with Gasteiger partial charge in [0.25, 0.3) is 5.56 Å². The van der Waals surface area contributed by atoms with Gasteiger partial charge in [-0.25, -0.2) is 9.48 Å². The summed E-state index contributed by atoms with van der Waals surface area (Å²) in [6.45, 7) is 18.8. The summed E-state index contributed by atoms with van der Waals surface area (Å²) in [4.78, 5) is 77.1. The highest BCUT2D eigenvalue weighted by atomic mass is 16.5. The van der Waals surface area contributed by atoms with Gasteiger partial charge in [-0.15, -0.1) is 0 Å².